The molecule has 1 aromatic rings. The molecule has 0 spiro atoms. The predicted octanol–water partition coefficient (Wildman–Crippen LogP) is 2.03. The molecule has 5 heteroatoms. The van der Waals surface area contributed by atoms with E-state index in [0.717, 1.165) is 10.0 Å². The van der Waals surface area contributed by atoms with Gasteiger partial charge in [0.05, 0.1) is 12.7 Å². The normalized spacial score (nSPS) is 13.1. The average Bonchev–Trinajstić information content (AvgIpc) is 2.14. The van der Waals surface area contributed by atoms with Gasteiger partial charge in [0.1, 0.15) is 5.82 Å². The van der Waals surface area contributed by atoms with E-state index >= 15 is 0 Å². The summed E-state index contributed by atoms with van der Waals surface area (Å²) in [6.45, 7) is 1.37. The first kappa shape index (κ1) is 14.6. The summed E-state index contributed by atoms with van der Waals surface area (Å²) in [6, 6.07) is 4.77. The van der Waals surface area contributed by atoms with Crippen molar-refractivity contribution in [3.05, 3.63) is 34.1 Å². The zero-order valence-corrected chi connectivity index (χ0v) is 11.6. The smallest absolute Gasteiger partial charge is 0.124 e. The van der Waals surface area contributed by atoms with Gasteiger partial charge >= 0.3 is 0 Å². The van der Waals surface area contributed by atoms with E-state index in [1.165, 1.54) is 12.1 Å². The molecule has 0 saturated heterocycles. The zero-order valence-electron chi connectivity index (χ0n) is 9.99. The van der Waals surface area contributed by atoms with Crippen LogP contribution in [0.5, 0.6) is 0 Å². The van der Waals surface area contributed by atoms with Crippen molar-refractivity contribution in [3.8, 4) is 0 Å². The molecule has 0 unspecified atom stereocenters. The molecule has 1 atom stereocenters. The lowest BCUT2D eigenvalue weighted by atomic mass is 10.2. The molecule has 0 aliphatic carbocycles. The third-order valence-corrected chi connectivity index (χ3v) is 2.71. The highest BCUT2D eigenvalue weighted by Gasteiger charge is 2.09. The Morgan fingerprint density at radius 2 is 2.18 bits per heavy atom. The molecule has 0 aliphatic heterocycles. The number of halogens is 2. The lowest BCUT2D eigenvalue weighted by Gasteiger charge is -2.20. The molecular weight excluding hydrogens is 289 g/mol. The highest BCUT2D eigenvalue weighted by Crippen LogP contribution is 2.16. The van der Waals surface area contributed by atoms with Gasteiger partial charge in [0.2, 0.25) is 0 Å². The van der Waals surface area contributed by atoms with Crippen LogP contribution >= 0.6 is 15.9 Å². The van der Waals surface area contributed by atoms with Gasteiger partial charge in [-0.1, -0.05) is 15.9 Å². The van der Waals surface area contributed by atoms with E-state index in [1.807, 2.05) is 18.0 Å². The SMILES string of the molecule is COC[C@@H](O)CN(C)Cc1cc(F)cc(Br)c1. The zero-order chi connectivity index (χ0) is 12.8. The molecule has 0 aromatic heterocycles. The molecule has 0 heterocycles. The van der Waals surface area contributed by atoms with Crippen molar-refractivity contribution >= 4 is 15.9 Å². The van der Waals surface area contributed by atoms with Crippen LogP contribution in [0.3, 0.4) is 0 Å². The summed E-state index contributed by atoms with van der Waals surface area (Å²) in [5.74, 6) is -0.264. The van der Waals surface area contributed by atoms with Crippen LogP contribution in [0, 0.1) is 5.82 Å². The van der Waals surface area contributed by atoms with Crippen molar-refractivity contribution in [3.63, 3.8) is 0 Å². The minimum Gasteiger partial charge on any atom is -0.389 e. The largest absolute Gasteiger partial charge is 0.389 e. The Morgan fingerprint density at radius 3 is 2.76 bits per heavy atom. The second kappa shape index (κ2) is 7.06. The second-order valence-corrected chi connectivity index (χ2v) is 5.00. The number of aliphatic hydroxyl groups is 1. The molecule has 17 heavy (non-hydrogen) atoms. The molecule has 96 valence electrons. The molecule has 0 amide bonds. The van der Waals surface area contributed by atoms with Crippen molar-refractivity contribution in [1.82, 2.24) is 4.90 Å². The van der Waals surface area contributed by atoms with Gasteiger partial charge in [-0.2, -0.15) is 0 Å². The minimum atomic E-state index is -0.526. The van der Waals surface area contributed by atoms with Crippen molar-refractivity contribution in [2.24, 2.45) is 0 Å². The number of ether oxygens (including phenoxy) is 1. The number of methoxy groups -OCH3 is 1. The monoisotopic (exact) mass is 305 g/mol. The van der Waals surface area contributed by atoms with Gasteiger partial charge in [-0.25, -0.2) is 4.39 Å². The van der Waals surface area contributed by atoms with Crippen LogP contribution in [0.2, 0.25) is 0 Å². The van der Waals surface area contributed by atoms with Gasteiger partial charge in [0.15, 0.2) is 0 Å². The quantitative estimate of drug-likeness (QED) is 0.873. The van der Waals surface area contributed by atoms with E-state index in [0.29, 0.717) is 19.7 Å². The Morgan fingerprint density at radius 1 is 1.47 bits per heavy atom. The number of hydrogen-bond donors (Lipinski definition) is 1. The standard InChI is InChI=1S/C12H17BrFNO2/c1-15(7-12(16)8-17-2)6-9-3-10(13)5-11(14)4-9/h3-5,12,16H,6-8H2,1-2H3/t12-/m0/s1. The molecule has 1 rings (SSSR count). The number of hydrogen-bond acceptors (Lipinski definition) is 3. The summed E-state index contributed by atoms with van der Waals surface area (Å²) in [7, 11) is 3.42. The van der Waals surface area contributed by atoms with Crippen molar-refractivity contribution in [2.75, 3.05) is 27.3 Å². The first-order valence-corrected chi connectivity index (χ1v) is 6.11. The van der Waals surface area contributed by atoms with Crippen LogP contribution < -0.4 is 0 Å². The Balaban J connectivity index is 2.52. The maximum Gasteiger partial charge on any atom is 0.124 e. The maximum atomic E-state index is 13.1. The summed E-state index contributed by atoms with van der Waals surface area (Å²) in [5.41, 5.74) is 0.865. The Hall–Kier alpha value is -0.490. The molecular formula is C12H17BrFNO2. The fourth-order valence-electron chi connectivity index (χ4n) is 1.68. The Bertz CT molecular complexity index is 342. The summed E-state index contributed by atoms with van der Waals surface area (Å²) in [6.07, 6.45) is -0.526. The fraction of sp³-hybridized carbons (Fsp3) is 0.500. The van der Waals surface area contributed by atoms with Crippen molar-refractivity contribution < 1.29 is 14.2 Å². The van der Waals surface area contributed by atoms with E-state index in [4.69, 9.17) is 4.74 Å². The number of likely N-dealkylation sites (N-methyl/N-ethyl adjacent to an activating group) is 1. The Labute approximate surface area is 109 Å². The maximum absolute atomic E-state index is 13.1. The summed E-state index contributed by atoms with van der Waals surface area (Å²) in [4.78, 5) is 1.92. The van der Waals surface area contributed by atoms with E-state index in [2.05, 4.69) is 15.9 Å². The second-order valence-electron chi connectivity index (χ2n) is 4.08. The van der Waals surface area contributed by atoms with Gasteiger partial charge in [-0.15, -0.1) is 0 Å². The number of benzene rings is 1. The van der Waals surface area contributed by atoms with Gasteiger partial charge in [0.25, 0.3) is 0 Å². The lowest BCUT2D eigenvalue weighted by Crippen LogP contribution is -2.31. The van der Waals surface area contributed by atoms with Gasteiger partial charge < -0.3 is 9.84 Å². The van der Waals surface area contributed by atoms with Gasteiger partial charge in [0, 0.05) is 24.7 Å². The molecule has 1 N–H and O–H groups in total. The van der Waals surface area contributed by atoms with E-state index < -0.39 is 6.10 Å². The lowest BCUT2D eigenvalue weighted by molar-refractivity contribution is 0.0418. The average molecular weight is 306 g/mol. The molecule has 0 radical (unpaired) electrons. The summed E-state index contributed by atoms with van der Waals surface area (Å²) in [5, 5.41) is 9.56. The summed E-state index contributed by atoms with van der Waals surface area (Å²) >= 11 is 3.25. The highest BCUT2D eigenvalue weighted by atomic mass is 79.9. The van der Waals surface area contributed by atoms with Crippen LogP contribution in [0.25, 0.3) is 0 Å². The molecule has 0 fully saturated rings. The topological polar surface area (TPSA) is 32.7 Å². The third kappa shape index (κ3) is 5.59. The van der Waals surface area contributed by atoms with Crippen LogP contribution in [0.4, 0.5) is 4.39 Å². The van der Waals surface area contributed by atoms with E-state index in [1.54, 1.807) is 7.11 Å². The summed E-state index contributed by atoms with van der Waals surface area (Å²) < 4.78 is 18.7. The van der Waals surface area contributed by atoms with Crippen LogP contribution in [0.1, 0.15) is 5.56 Å². The van der Waals surface area contributed by atoms with Crippen molar-refractivity contribution in [2.45, 2.75) is 12.6 Å². The minimum absolute atomic E-state index is 0.264. The van der Waals surface area contributed by atoms with E-state index in [9.17, 15) is 9.50 Å². The molecule has 1 aromatic carbocycles. The van der Waals surface area contributed by atoms with Crippen LogP contribution in [-0.4, -0.2) is 43.4 Å². The van der Waals surface area contributed by atoms with Crippen LogP contribution in [0.15, 0.2) is 22.7 Å². The third-order valence-electron chi connectivity index (χ3n) is 2.26. The van der Waals surface area contributed by atoms with E-state index in [-0.39, 0.29) is 5.82 Å². The van der Waals surface area contributed by atoms with Crippen LogP contribution in [-0.2, 0) is 11.3 Å². The number of rotatable bonds is 6. The van der Waals surface area contributed by atoms with Gasteiger partial charge in [-0.05, 0) is 30.8 Å². The number of nitrogens with zero attached hydrogens (tertiary/aromatic N) is 1. The first-order chi connectivity index (χ1) is 8.01. The molecule has 3 nitrogen and oxygen atoms in total. The number of aliphatic hydroxyl groups excluding tert-OH is 1. The van der Waals surface area contributed by atoms with Crippen molar-refractivity contribution in [1.29, 1.82) is 0 Å². The fourth-order valence-corrected chi connectivity index (χ4v) is 2.20. The predicted molar refractivity (Wildman–Crippen MR) is 68.3 cm³/mol. The molecule has 0 bridgehead atoms. The molecule has 0 aliphatic rings. The highest BCUT2D eigenvalue weighted by molar-refractivity contribution is 9.10. The Kier molecular flexibility index (Phi) is 6.05. The van der Waals surface area contributed by atoms with Gasteiger partial charge in [-0.3, -0.25) is 4.90 Å². The molecule has 0 saturated carbocycles. The first-order valence-electron chi connectivity index (χ1n) is 5.31.